The van der Waals surface area contributed by atoms with E-state index in [0.29, 0.717) is 29.4 Å². The summed E-state index contributed by atoms with van der Waals surface area (Å²) >= 11 is 0. The molecule has 2 aromatic carbocycles. The zero-order chi connectivity index (χ0) is 27.4. The van der Waals surface area contributed by atoms with Gasteiger partial charge in [0.15, 0.2) is 23.0 Å². The Kier molecular flexibility index (Phi) is 7.86. The number of nitrogens with zero attached hydrogens (tertiary/aromatic N) is 1. The van der Waals surface area contributed by atoms with Crippen molar-refractivity contribution in [1.29, 1.82) is 0 Å². The minimum atomic E-state index is -1.11. The van der Waals surface area contributed by atoms with Crippen LogP contribution in [-0.4, -0.2) is 37.0 Å². The normalized spacial score (nSPS) is 15.4. The maximum Gasteiger partial charge on any atom is 0.294 e. The van der Waals surface area contributed by atoms with Crippen LogP contribution < -0.4 is 24.4 Å². The number of Topliss-reactive ketones (excluding diaryl/α,β-unsaturated/α-hetero) is 1. The molecule has 0 saturated heterocycles. The molecule has 2 aliphatic rings. The van der Waals surface area contributed by atoms with Gasteiger partial charge in [0.1, 0.15) is 11.8 Å². The molecule has 1 N–H and O–H groups in total. The van der Waals surface area contributed by atoms with Crippen molar-refractivity contribution < 1.29 is 33.0 Å². The second kappa shape index (κ2) is 11.6. The monoisotopic (exact) mass is 532 g/mol. The summed E-state index contributed by atoms with van der Waals surface area (Å²) in [6.45, 7) is 3.78. The Balaban J connectivity index is 1.66. The summed E-state index contributed by atoms with van der Waals surface area (Å²) in [6, 6.07) is 12.2. The summed E-state index contributed by atoms with van der Waals surface area (Å²) in [6.07, 6.45) is 6.34. The number of benzene rings is 2. The Labute approximate surface area is 227 Å². The molecule has 1 aromatic heterocycles. The highest BCUT2D eigenvalue weighted by Crippen LogP contribution is 2.42. The minimum absolute atomic E-state index is 0.000967. The molecule has 0 spiro atoms. The van der Waals surface area contributed by atoms with Crippen LogP contribution in [0.1, 0.15) is 78.5 Å². The Morgan fingerprint density at radius 3 is 2.38 bits per heavy atom. The van der Waals surface area contributed by atoms with Crippen LogP contribution in [0, 0.1) is 0 Å². The quantitative estimate of drug-likeness (QED) is 0.365. The molecule has 39 heavy (non-hydrogen) atoms. The molecule has 2 heterocycles. The van der Waals surface area contributed by atoms with E-state index in [1.54, 1.807) is 42.5 Å². The lowest BCUT2D eigenvalue weighted by Crippen LogP contribution is -2.47. The van der Waals surface area contributed by atoms with Gasteiger partial charge in [-0.25, -0.2) is 0 Å². The van der Waals surface area contributed by atoms with Crippen molar-refractivity contribution in [1.82, 2.24) is 5.32 Å². The number of amides is 2. The molecular formula is C30H32N2O7. The summed E-state index contributed by atoms with van der Waals surface area (Å²) < 4.78 is 22.2. The van der Waals surface area contributed by atoms with E-state index in [2.05, 4.69) is 5.32 Å². The highest BCUT2D eigenvalue weighted by Gasteiger charge is 2.38. The summed E-state index contributed by atoms with van der Waals surface area (Å²) in [4.78, 5) is 42.4. The van der Waals surface area contributed by atoms with Gasteiger partial charge in [-0.3, -0.25) is 19.3 Å². The van der Waals surface area contributed by atoms with Crippen molar-refractivity contribution >= 4 is 23.3 Å². The largest absolute Gasteiger partial charge is 0.494 e. The molecule has 0 bridgehead atoms. The first-order valence-corrected chi connectivity index (χ1v) is 13.3. The SMILES string of the molecule is CCOc1ccc([C@H](C(=O)NC2CCCCC2)N(C(=O)c2ccco2)c2cc3c(cc2C(C)=O)OCO3)cc1. The Bertz CT molecular complexity index is 1330. The zero-order valence-corrected chi connectivity index (χ0v) is 22.1. The number of ether oxygens (including phenoxy) is 3. The highest BCUT2D eigenvalue weighted by atomic mass is 16.7. The maximum atomic E-state index is 14.1. The second-order valence-corrected chi connectivity index (χ2v) is 9.68. The third-order valence-electron chi connectivity index (χ3n) is 7.05. The number of carbonyl (C=O) groups excluding carboxylic acids is 3. The van der Waals surface area contributed by atoms with Gasteiger partial charge in [-0.2, -0.15) is 0 Å². The summed E-state index contributed by atoms with van der Waals surface area (Å²) in [7, 11) is 0. The fourth-order valence-corrected chi connectivity index (χ4v) is 5.16. The summed E-state index contributed by atoms with van der Waals surface area (Å²) in [5.74, 6) is 0.243. The molecular weight excluding hydrogens is 500 g/mol. The van der Waals surface area contributed by atoms with Gasteiger partial charge < -0.3 is 23.9 Å². The number of hydrogen-bond donors (Lipinski definition) is 1. The van der Waals surface area contributed by atoms with Crippen LogP contribution in [0.15, 0.2) is 59.2 Å². The van der Waals surface area contributed by atoms with E-state index in [-0.39, 0.29) is 41.5 Å². The molecule has 1 aliphatic carbocycles. The molecule has 3 aromatic rings. The van der Waals surface area contributed by atoms with E-state index in [1.807, 2.05) is 6.92 Å². The van der Waals surface area contributed by atoms with Crippen LogP contribution in [0.3, 0.4) is 0 Å². The number of anilines is 1. The Hall–Kier alpha value is -4.27. The number of nitrogens with one attached hydrogen (secondary N) is 1. The van der Waals surface area contributed by atoms with Crippen LogP contribution in [0.25, 0.3) is 0 Å². The molecule has 1 saturated carbocycles. The van der Waals surface area contributed by atoms with Gasteiger partial charge in [-0.1, -0.05) is 31.4 Å². The smallest absolute Gasteiger partial charge is 0.294 e. The summed E-state index contributed by atoms with van der Waals surface area (Å²) in [5.41, 5.74) is 1.00. The topological polar surface area (TPSA) is 107 Å². The number of ketones is 1. The molecule has 5 rings (SSSR count). The molecule has 1 atom stereocenters. The number of carbonyl (C=O) groups is 3. The molecule has 0 radical (unpaired) electrons. The van der Waals surface area contributed by atoms with Gasteiger partial charge in [-0.05, 0) is 62.6 Å². The van der Waals surface area contributed by atoms with Crippen LogP contribution in [-0.2, 0) is 4.79 Å². The van der Waals surface area contributed by atoms with Gasteiger partial charge in [0.25, 0.3) is 5.91 Å². The van der Waals surface area contributed by atoms with E-state index < -0.39 is 11.9 Å². The van der Waals surface area contributed by atoms with Crippen LogP contribution in [0.4, 0.5) is 5.69 Å². The van der Waals surface area contributed by atoms with Gasteiger partial charge in [0, 0.05) is 17.7 Å². The first kappa shape index (κ1) is 26.3. The molecule has 0 unspecified atom stereocenters. The van der Waals surface area contributed by atoms with Gasteiger partial charge >= 0.3 is 0 Å². The third-order valence-corrected chi connectivity index (χ3v) is 7.05. The number of hydrogen-bond acceptors (Lipinski definition) is 7. The highest BCUT2D eigenvalue weighted by molar-refractivity contribution is 6.13. The van der Waals surface area contributed by atoms with Crippen molar-refractivity contribution in [3.63, 3.8) is 0 Å². The van der Waals surface area contributed by atoms with E-state index in [0.717, 1.165) is 32.1 Å². The predicted molar refractivity (Wildman–Crippen MR) is 143 cm³/mol. The fourth-order valence-electron chi connectivity index (χ4n) is 5.16. The van der Waals surface area contributed by atoms with Crippen molar-refractivity contribution in [3.8, 4) is 17.2 Å². The minimum Gasteiger partial charge on any atom is -0.494 e. The number of furan rings is 1. The van der Waals surface area contributed by atoms with Crippen molar-refractivity contribution in [2.45, 2.75) is 58.0 Å². The van der Waals surface area contributed by atoms with E-state index in [1.165, 1.54) is 24.2 Å². The molecule has 9 heteroatoms. The van der Waals surface area contributed by atoms with Gasteiger partial charge in [0.05, 0.1) is 18.6 Å². The first-order valence-electron chi connectivity index (χ1n) is 13.3. The molecule has 1 aliphatic heterocycles. The van der Waals surface area contributed by atoms with Crippen LogP contribution in [0.2, 0.25) is 0 Å². The zero-order valence-electron chi connectivity index (χ0n) is 22.1. The average Bonchev–Trinajstić information content (AvgIpc) is 3.64. The number of rotatable bonds is 9. The summed E-state index contributed by atoms with van der Waals surface area (Å²) in [5, 5.41) is 3.17. The number of fused-ring (bicyclic) bond motifs is 1. The molecule has 2 amide bonds. The fraction of sp³-hybridized carbons (Fsp3) is 0.367. The van der Waals surface area contributed by atoms with E-state index in [4.69, 9.17) is 18.6 Å². The molecule has 204 valence electrons. The van der Waals surface area contributed by atoms with Crippen LogP contribution in [0.5, 0.6) is 17.2 Å². The van der Waals surface area contributed by atoms with Crippen molar-refractivity contribution in [2.75, 3.05) is 18.3 Å². The van der Waals surface area contributed by atoms with E-state index >= 15 is 0 Å². The Morgan fingerprint density at radius 1 is 1.03 bits per heavy atom. The lowest BCUT2D eigenvalue weighted by Gasteiger charge is -2.34. The first-order chi connectivity index (χ1) is 19.0. The third kappa shape index (κ3) is 5.62. The van der Waals surface area contributed by atoms with Crippen LogP contribution >= 0.6 is 0 Å². The lowest BCUT2D eigenvalue weighted by molar-refractivity contribution is -0.123. The van der Waals surface area contributed by atoms with Gasteiger partial charge in [-0.15, -0.1) is 0 Å². The lowest BCUT2D eigenvalue weighted by atomic mass is 9.94. The maximum absolute atomic E-state index is 14.1. The average molecular weight is 533 g/mol. The molecule has 9 nitrogen and oxygen atoms in total. The molecule has 1 fully saturated rings. The van der Waals surface area contributed by atoms with Crippen molar-refractivity contribution in [3.05, 3.63) is 71.7 Å². The van der Waals surface area contributed by atoms with Crippen molar-refractivity contribution in [2.24, 2.45) is 0 Å². The Morgan fingerprint density at radius 2 is 1.74 bits per heavy atom. The predicted octanol–water partition coefficient (Wildman–Crippen LogP) is 5.45. The second-order valence-electron chi connectivity index (χ2n) is 9.68. The van der Waals surface area contributed by atoms with E-state index in [9.17, 15) is 14.4 Å². The van der Waals surface area contributed by atoms with Gasteiger partial charge in [0.2, 0.25) is 12.7 Å². The standard InChI is InChI=1S/C30H32N2O7/c1-3-36-22-13-11-20(12-14-22)28(29(34)31-21-8-5-4-6-9-21)32(30(35)25-10-7-15-37-25)24-17-27-26(38-18-39-27)16-23(24)19(2)33/h7,10-17,21,28H,3-6,8-9,18H2,1-2H3,(H,31,34)/t28-/m1/s1.